The largest absolute Gasteiger partial charge is 0.295 e. The average molecular weight is 401 g/mol. The molecule has 1 aliphatic heterocycles. The SMILES string of the molecule is CC(=O)c1ccc(N2C(=O)/C(=C\c3ccc(Cl)cc3)N=C2c2ccccc2)cc1. The van der Waals surface area contributed by atoms with Crippen molar-refractivity contribution >= 4 is 40.9 Å². The fraction of sp³-hybridized carbons (Fsp3) is 0.0417. The van der Waals surface area contributed by atoms with Gasteiger partial charge in [-0.1, -0.05) is 54.1 Å². The van der Waals surface area contributed by atoms with Crippen molar-refractivity contribution in [3.05, 3.63) is 106 Å². The number of Topliss-reactive ketones (excluding diaryl/α,β-unsaturated/α-hetero) is 1. The van der Waals surface area contributed by atoms with E-state index in [0.717, 1.165) is 11.1 Å². The van der Waals surface area contributed by atoms with E-state index in [2.05, 4.69) is 4.99 Å². The maximum Gasteiger partial charge on any atom is 0.282 e. The molecule has 5 heteroatoms. The average Bonchev–Trinajstić information content (AvgIpc) is 3.06. The van der Waals surface area contributed by atoms with Crippen LogP contribution in [0.25, 0.3) is 6.08 Å². The second-order valence-corrected chi connectivity index (χ2v) is 7.06. The van der Waals surface area contributed by atoms with Gasteiger partial charge in [0.05, 0.1) is 5.69 Å². The molecule has 0 radical (unpaired) electrons. The molecular weight excluding hydrogens is 384 g/mol. The molecular formula is C24H17ClN2O2. The summed E-state index contributed by atoms with van der Waals surface area (Å²) in [6.07, 6.45) is 1.74. The number of ketones is 1. The number of aliphatic imine (C=N–C) groups is 1. The van der Waals surface area contributed by atoms with Crippen LogP contribution in [0, 0.1) is 0 Å². The van der Waals surface area contributed by atoms with Crippen LogP contribution < -0.4 is 4.90 Å². The number of benzene rings is 3. The van der Waals surface area contributed by atoms with Crippen molar-refractivity contribution in [3.8, 4) is 0 Å². The highest BCUT2D eigenvalue weighted by molar-refractivity contribution is 6.33. The zero-order chi connectivity index (χ0) is 20.4. The van der Waals surface area contributed by atoms with Crippen molar-refractivity contribution in [2.24, 2.45) is 4.99 Å². The van der Waals surface area contributed by atoms with E-state index >= 15 is 0 Å². The van der Waals surface area contributed by atoms with Gasteiger partial charge in [0.15, 0.2) is 5.78 Å². The lowest BCUT2D eigenvalue weighted by Gasteiger charge is -2.18. The number of amides is 1. The van der Waals surface area contributed by atoms with Crippen molar-refractivity contribution in [1.82, 2.24) is 0 Å². The summed E-state index contributed by atoms with van der Waals surface area (Å²) in [5, 5.41) is 0.630. The third kappa shape index (κ3) is 3.89. The summed E-state index contributed by atoms with van der Waals surface area (Å²) in [4.78, 5) is 31.0. The van der Waals surface area contributed by atoms with Gasteiger partial charge in [0.25, 0.3) is 5.91 Å². The maximum absolute atomic E-state index is 13.2. The number of anilines is 1. The molecule has 0 atom stereocenters. The lowest BCUT2D eigenvalue weighted by molar-refractivity contribution is -0.113. The van der Waals surface area contributed by atoms with Crippen LogP contribution in [0.15, 0.2) is 89.6 Å². The van der Waals surface area contributed by atoms with Gasteiger partial charge < -0.3 is 0 Å². The molecule has 0 aliphatic carbocycles. The van der Waals surface area contributed by atoms with E-state index in [1.165, 1.54) is 6.92 Å². The fourth-order valence-corrected chi connectivity index (χ4v) is 3.23. The van der Waals surface area contributed by atoms with E-state index in [0.29, 0.717) is 27.8 Å². The highest BCUT2D eigenvalue weighted by atomic mass is 35.5. The molecule has 1 amide bonds. The second kappa shape index (κ2) is 7.86. The van der Waals surface area contributed by atoms with Crippen LogP contribution in [0.5, 0.6) is 0 Å². The predicted molar refractivity (Wildman–Crippen MR) is 116 cm³/mol. The Hall–Kier alpha value is -3.50. The maximum atomic E-state index is 13.2. The van der Waals surface area contributed by atoms with E-state index in [9.17, 15) is 9.59 Å². The number of hydrogen-bond acceptors (Lipinski definition) is 3. The molecule has 3 aromatic rings. The second-order valence-electron chi connectivity index (χ2n) is 6.63. The minimum Gasteiger partial charge on any atom is -0.295 e. The Bertz CT molecular complexity index is 1130. The number of carbonyl (C=O) groups excluding carboxylic acids is 2. The summed E-state index contributed by atoms with van der Waals surface area (Å²) >= 11 is 5.95. The Kier molecular flexibility index (Phi) is 5.10. The smallest absolute Gasteiger partial charge is 0.282 e. The first kappa shape index (κ1) is 18.8. The molecule has 0 spiro atoms. The Balaban J connectivity index is 1.79. The van der Waals surface area contributed by atoms with Gasteiger partial charge in [-0.2, -0.15) is 0 Å². The molecule has 0 unspecified atom stereocenters. The minimum absolute atomic E-state index is 0.0235. The fourth-order valence-electron chi connectivity index (χ4n) is 3.10. The van der Waals surface area contributed by atoms with Crippen LogP contribution in [0.2, 0.25) is 5.02 Å². The minimum atomic E-state index is -0.227. The van der Waals surface area contributed by atoms with Gasteiger partial charge in [-0.15, -0.1) is 0 Å². The molecule has 1 heterocycles. The lowest BCUT2D eigenvalue weighted by Crippen LogP contribution is -2.32. The number of nitrogens with zero attached hydrogens (tertiary/aromatic N) is 2. The van der Waals surface area contributed by atoms with Gasteiger partial charge in [0.1, 0.15) is 11.5 Å². The van der Waals surface area contributed by atoms with Crippen LogP contribution in [-0.2, 0) is 4.79 Å². The summed E-state index contributed by atoms with van der Waals surface area (Å²) < 4.78 is 0. The van der Waals surface area contributed by atoms with Crippen LogP contribution in [0.3, 0.4) is 0 Å². The van der Waals surface area contributed by atoms with Gasteiger partial charge in [0, 0.05) is 16.1 Å². The molecule has 142 valence electrons. The molecule has 0 fully saturated rings. The summed E-state index contributed by atoms with van der Waals surface area (Å²) in [7, 11) is 0. The van der Waals surface area contributed by atoms with E-state index in [1.54, 1.807) is 47.4 Å². The molecule has 0 saturated heterocycles. The van der Waals surface area contributed by atoms with Gasteiger partial charge in [0.2, 0.25) is 0 Å². The van der Waals surface area contributed by atoms with Gasteiger partial charge >= 0.3 is 0 Å². The number of carbonyl (C=O) groups is 2. The Labute approximate surface area is 173 Å². The summed E-state index contributed by atoms with van der Waals surface area (Å²) in [5.41, 5.74) is 3.25. The molecule has 4 rings (SSSR count). The molecule has 0 saturated carbocycles. The number of amidine groups is 1. The molecule has 29 heavy (non-hydrogen) atoms. The number of rotatable bonds is 4. The first-order valence-electron chi connectivity index (χ1n) is 9.10. The van der Waals surface area contributed by atoms with Gasteiger partial charge in [-0.05, 0) is 55.0 Å². The molecule has 4 nitrogen and oxygen atoms in total. The summed E-state index contributed by atoms with van der Waals surface area (Å²) in [6, 6.07) is 23.7. The Morgan fingerprint density at radius 3 is 2.21 bits per heavy atom. The third-order valence-electron chi connectivity index (χ3n) is 4.60. The molecule has 0 N–H and O–H groups in total. The first-order valence-corrected chi connectivity index (χ1v) is 9.47. The normalized spacial score (nSPS) is 15.0. The van der Waals surface area contributed by atoms with Crippen LogP contribution >= 0.6 is 11.6 Å². The molecule has 0 bridgehead atoms. The van der Waals surface area contributed by atoms with Crippen LogP contribution in [0.1, 0.15) is 28.4 Å². The van der Waals surface area contributed by atoms with Crippen molar-refractivity contribution in [2.45, 2.75) is 6.92 Å². The molecule has 3 aromatic carbocycles. The molecule has 0 aromatic heterocycles. The van der Waals surface area contributed by atoms with Crippen molar-refractivity contribution in [2.75, 3.05) is 4.90 Å². The van der Waals surface area contributed by atoms with Crippen molar-refractivity contribution in [1.29, 1.82) is 0 Å². The van der Waals surface area contributed by atoms with E-state index in [1.807, 2.05) is 42.5 Å². The lowest BCUT2D eigenvalue weighted by atomic mass is 10.1. The zero-order valence-corrected chi connectivity index (χ0v) is 16.4. The van der Waals surface area contributed by atoms with Crippen molar-refractivity contribution in [3.63, 3.8) is 0 Å². The highest BCUT2D eigenvalue weighted by Gasteiger charge is 2.32. The predicted octanol–water partition coefficient (Wildman–Crippen LogP) is 5.38. The Morgan fingerprint density at radius 2 is 1.59 bits per heavy atom. The topological polar surface area (TPSA) is 49.7 Å². The number of hydrogen-bond donors (Lipinski definition) is 0. The van der Waals surface area contributed by atoms with E-state index < -0.39 is 0 Å². The monoisotopic (exact) mass is 400 g/mol. The molecule has 1 aliphatic rings. The van der Waals surface area contributed by atoms with Crippen LogP contribution in [0.4, 0.5) is 5.69 Å². The summed E-state index contributed by atoms with van der Waals surface area (Å²) in [6.45, 7) is 1.51. The summed E-state index contributed by atoms with van der Waals surface area (Å²) in [5.74, 6) is 0.297. The van der Waals surface area contributed by atoms with Gasteiger partial charge in [-0.25, -0.2) is 4.99 Å². The van der Waals surface area contributed by atoms with Gasteiger partial charge in [-0.3, -0.25) is 14.5 Å². The first-order chi connectivity index (χ1) is 14.0. The Morgan fingerprint density at radius 1 is 0.931 bits per heavy atom. The zero-order valence-electron chi connectivity index (χ0n) is 15.7. The van der Waals surface area contributed by atoms with Crippen LogP contribution in [-0.4, -0.2) is 17.5 Å². The third-order valence-corrected chi connectivity index (χ3v) is 4.85. The van der Waals surface area contributed by atoms with E-state index in [4.69, 9.17) is 11.6 Å². The highest BCUT2D eigenvalue weighted by Crippen LogP contribution is 2.28. The quantitative estimate of drug-likeness (QED) is 0.436. The standard InChI is InChI=1S/C24H17ClN2O2/c1-16(28)18-9-13-21(14-10-18)27-23(19-5-3-2-4-6-19)26-22(24(27)29)15-17-7-11-20(25)12-8-17/h2-15H,1H3/b22-15+. The van der Waals surface area contributed by atoms with E-state index in [-0.39, 0.29) is 11.7 Å². The van der Waals surface area contributed by atoms with Crippen molar-refractivity contribution < 1.29 is 9.59 Å². The number of halogens is 1.